The van der Waals surface area contributed by atoms with Crippen LogP contribution in [-0.2, 0) is 19.1 Å². The number of hydrogen-bond acceptors (Lipinski definition) is 4. The normalized spacial score (nSPS) is 22.6. The molecule has 1 aromatic carbocycles. The highest BCUT2D eigenvalue weighted by molar-refractivity contribution is 6.18. The van der Waals surface area contributed by atoms with E-state index in [1.807, 2.05) is 20.8 Å². The summed E-state index contributed by atoms with van der Waals surface area (Å²) in [6, 6.07) is 5.40. The van der Waals surface area contributed by atoms with E-state index in [0.29, 0.717) is 5.56 Å². The molecule has 1 saturated heterocycles. The molecule has 112 valence electrons. The van der Waals surface area contributed by atoms with Crippen molar-refractivity contribution < 1.29 is 23.5 Å². The van der Waals surface area contributed by atoms with Crippen molar-refractivity contribution in [3.63, 3.8) is 0 Å². The van der Waals surface area contributed by atoms with E-state index in [9.17, 15) is 14.0 Å². The Hall–Kier alpha value is -2.17. The van der Waals surface area contributed by atoms with Gasteiger partial charge in [0, 0.05) is 12.3 Å². The predicted octanol–water partition coefficient (Wildman–Crippen LogP) is 3.07. The number of esters is 2. The Labute approximate surface area is 122 Å². The lowest BCUT2D eigenvalue weighted by Gasteiger charge is -2.42. The number of carbonyl (C=O) groups excluding carboxylic acids is 2. The summed E-state index contributed by atoms with van der Waals surface area (Å²) >= 11 is 0. The molecular formula is C16H17FO4. The molecule has 0 N–H and O–H groups in total. The van der Waals surface area contributed by atoms with E-state index in [1.54, 1.807) is 6.92 Å². The lowest BCUT2D eigenvalue weighted by molar-refractivity contribution is -0.261. The van der Waals surface area contributed by atoms with Crippen molar-refractivity contribution >= 4 is 18.0 Å². The molecule has 1 aliphatic rings. The average molecular weight is 292 g/mol. The molecule has 0 spiro atoms. The lowest BCUT2D eigenvalue weighted by Crippen LogP contribution is -2.52. The standard InChI is InChI=1S/C16H17FO4/c1-15(2,3)16(4)20-13(18)12(14(19)21-16)9-10-5-7-11(17)8-6-10/h5-9H,1-4H3. The van der Waals surface area contributed by atoms with Gasteiger partial charge in [-0.2, -0.15) is 0 Å². The highest BCUT2D eigenvalue weighted by Gasteiger charge is 2.50. The van der Waals surface area contributed by atoms with Crippen LogP contribution < -0.4 is 0 Å². The number of cyclic esters (lactones) is 2. The quantitative estimate of drug-likeness (QED) is 0.453. The summed E-state index contributed by atoms with van der Waals surface area (Å²) in [5.74, 6) is -3.20. The van der Waals surface area contributed by atoms with Crippen LogP contribution >= 0.6 is 0 Å². The van der Waals surface area contributed by atoms with Gasteiger partial charge in [-0.05, 0) is 23.8 Å². The number of benzene rings is 1. The molecule has 0 atom stereocenters. The molecule has 21 heavy (non-hydrogen) atoms. The van der Waals surface area contributed by atoms with Crippen molar-refractivity contribution in [1.29, 1.82) is 0 Å². The minimum atomic E-state index is -1.32. The van der Waals surface area contributed by atoms with Gasteiger partial charge in [0.1, 0.15) is 11.4 Å². The second kappa shape index (κ2) is 4.98. The maximum absolute atomic E-state index is 12.8. The number of halogens is 1. The largest absolute Gasteiger partial charge is 0.418 e. The zero-order valence-electron chi connectivity index (χ0n) is 12.4. The number of ether oxygens (including phenoxy) is 2. The average Bonchev–Trinajstić information content (AvgIpc) is 2.34. The molecule has 2 rings (SSSR count). The third-order valence-corrected chi connectivity index (χ3v) is 3.56. The van der Waals surface area contributed by atoms with Gasteiger partial charge in [-0.15, -0.1) is 0 Å². The first-order chi connectivity index (χ1) is 9.62. The third-order valence-electron chi connectivity index (χ3n) is 3.56. The summed E-state index contributed by atoms with van der Waals surface area (Å²) < 4.78 is 23.4. The van der Waals surface area contributed by atoms with Crippen LogP contribution in [0.25, 0.3) is 6.08 Å². The molecule has 0 saturated carbocycles. The molecule has 0 bridgehead atoms. The van der Waals surface area contributed by atoms with Gasteiger partial charge in [-0.1, -0.05) is 32.9 Å². The molecule has 0 aliphatic carbocycles. The van der Waals surface area contributed by atoms with Gasteiger partial charge < -0.3 is 9.47 Å². The summed E-state index contributed by atoms with van der Waals surface area (Å²) in [6.45, 7) is 6.98. The SMILES string of the molecule is CC(C)(C)C1(C)OC(=O)C(=Cc2ccc(F)cc2)C(=O)O1. The van der Waals surface area contributed by atoms with E-state index in [1.165, 1.54) is 30.3 Å². The van der Waals surface area contributed by atoms with Crippen LogP contribution in [0.1, 0.15) is 33.3 Å². The van der Waals surface area contributed by atoms with Gasteiger partial charge in [-0.3, -0.25) is 0 Å². The second-order valence-corrected chi connectivity index (χ2v) is 6.08. The van der Waals surface area contributed by atoms with Crippen molar-refractivity contribution in [2.24, 2.45) is 5.41 Å². The Balaban J connectivity index is 2.31. The third kappa shape index (κ3) is 2.96. The van der Waals surface area contributed by atoms with Gasteiger partial charge in [0.15, 0.2) is 0 Å². The molecule has 0 amide bonds. The Morgan fingerprint density at radius 3 is 1.95 bits per heavy atom. The minimum absolute atomic E-state index is 0.205. The van der Waals surface area contributed by atoms with Crippen LogP contribution in [-0.4, -0.2) is 17.7 Å². The van der Waals surface area contributed by atoms with Crippen molar-refractivity contribution in [3.8, 4) is 0 Å². The fourth-order valence-electron chi connectivity index (χ4n) is 1.72. The first kappa shape index (κ1) is 15.2. The highest BCUT2D eigenvalue weighted by atomic mass is 19.1. The molecule has 1 fully saturated rings. The zero-order chi connectivity index (χ0) is 15.8. The molecule has 0 aromatic heterocycles. The van der Waals surface area contributed by atoms with Crippen molar-refractivity contribution in [2.45, 2.75) is 33.5 Å². The van der Waals surface area contributed by atoms with E-state index in [-0.39, 0.29) is 5.57 Å². The van der Waals surface area contributed by atoms with Gasteiger partial charge in [0.25, 0.3) is 5.79 Å². The minimum Gasteiger partial charge on any atom is -0.418 e. The first-order valence-electron chi connectivity index (χ1n) is 6.56. The predicted molar refractivity (Wildman–Crippen MR) is 74.4 cm³/mol. The fraction of sp³-hybridized carbons (Fsp3) is 0.375. The Morgan fingerprint density at radius 2 is 1.52 bits per heavy atom. The summed E-state index contributed by atoms with van der Waals surface area (Å²) in [4.78, 5) is 24.1. The van der Waals surface area contributed by atoms with Gasteiger partial charge in [-0.25, -0.2) is 14.0 Å². The first-order valence-corrected chi connectivity index (χ1v) is 6.56. The van der Waals surface area contributed by atoms with Crippen LogP contribution in [0.5, 0.6) is 0 Å². The summed E-state index contributed by atoms with van der Waals surface area (Å²) in [7, 11) is 0. The van der Waals surface area contributed by atoms with Crippen molar-refractivity contribution in [3.05, 3.63) is 41.2 Å². The summed E-state index contributed by atoms with van der Waals surface area (Å²) in [5, 5.41) is 0. The smallest absolute Gasteiger partial charge is 0.348 e. The molecule has 4 nitrogen and oxygen atoms in total. The van der Waals surface area contributed by atoms with E-state index in [4.69, 9.17) is 9.47 Å². The Kier molecular flexibility index (Phi) is 3.61. The van der Waals surface area contributed by atoms with Crippen LogP contribution in [0, 0.1) is 11.2 Å². The second-order valence-electron chi connectivity index (χ2n) is 6.08. The molecule has 1 aromatic rings. The topological polar surface area (TPSA) is 52.6 Å². The maximum Gasteiger partial charge on any atom is 0.348 e. The van der Waals surface area contributed by atoms with Crippen LogP contribution in [0.2, 0.25) is 0 Å². The number of carbonyl (C=O) groups is 2. The molecule has 0 radical (unpaired) electrons. The van der Waals surface area contributed by atoms with Crippen LogP contribution in [0.4, 0.5) is 4.39 Å². The van der Waals surface area contributed by atoms with Crippen molar-refractivity contribution in [1.82, 2.24) is 0 Å². The monoisotopic (exact) mass is 292 g/mol. The fourth-order valence-corrected chi connectivity index (χ4v) is 1.72. The van der Waals surface area contributed by atoms with Gasteiger partial charge in [0.05, 0.1) is 0 Å². The lowest BCUT2D eigenvalue weighted by atomic mass is 9.85. The molecular weight excluding hydrogens is 275 g/mol. The van der Waals surface area contributed by atoms with Crippen molar-refractivity contribution in [2.75, 3.05) is 0 Å². The van der Waals surface area contributed by atoms with E-state index < -0.39 is 29.0 Å². The van der Waals surface area contributed by atoms with Gasteiger partial charge >= 0.3 is 11.9 Å². The highest BCUT2D eigenvalue weighted by Crippen LogP contribution is 2.38. The van der Waals surface area contributed by atoms with Crippen LogP contribution in [0.15, 0.2) is 29.8 Å². The Bertz CT molecular complexity index is 588. The number of rotatable bonds is 1. The molecule has 1 heterocycles. The summed E-state index contributed by atoms with van der Waals surface area (Å²) in [5.41, 5.74) is -0.247. The Morgan fingerprint density at radius 1 is 1.05 bits per heavy atom. The van der Waals surface area contributed by atoms with Gasteiger partial charge in [0.2, 0.25) is 0 Å². The van der Waals surface area contributed by atoms with Crippen LogP contribution in [0.3, 0.4) is 0 Å². The number of hydrogen-bond donors (Lipinski definition) is 0. The molecule has 5 heteroatoms. The van der Waals surface area contributed by atoms with E-state index >= 15 is 0 Å². The van der Waals surface area contributed by atoms with E-state index in [2.05, 4.69) is 0 Å². The summed E-state index contributed by atoms with van der Waals surface area (Å²) in [6.07, 6.45) is 1.33. The molecule has 0 unspecified atom stereocenters. The molecule has 1 aliphatic heterocycles. The maximum atomic E-state index is 12.8. The zero-order valence-corrected chi connectivity index (χ0v) is 12.4. The van der Waals surface area contributed by atoms with E-state index in [0.717, 1.165) is 0 Å².